The van der Waals surface area contributed by atoms with E-state index < -0.39 is 0 Å². The number of hydrogen-bond donors (Lipinski definition) is 0. The second kappa shape index (κ2) is 4.67. The Labute approximate surface area is 78.2 Å². The Morgan fingerprint density at radius 3 is 2.42 bits per heavy atom. The van der Waals surface area contributed by atoms with E-state index >= 15 is 0 Å². The zero-order valence-corrected chi connectivity index (χ0v) is 8.18. The van der Waals surface area contributed by atoms with Crippen molar-refractivity contribution in [1.82, 2.24) is 10.0 Å². The van der Waals surface area contributed by atoms with E-state index in [1.54, 1.807) is 5.01 Å². The van der Waals surface area contributed by atoms with Crippen molar-refractivity contribution in [1.29, 1.82) is 0 Å². The van der Waals surface area contributed by atoms with Crippen LogP contribution in [0.4, 0.5) is 4.79 Å². The summed E-state index contributed by atoms with van der Waals surface area (Å²) in [6, 6.07) is 0. The van der Waals surface area contributed by atoms with Gasteiger partial charge < -0.3 is 0 Å². The molecule has 1 aliphatic rings. The molecule has 1 amide bonds. The largest absolute Gasteiger partial charge is 0.330 e. The van der Waals surface area contributed by atoms with E-state index in [1.807, 2.05) is 11.9 Å². The summed E-state index contributed by atoms with van der Waals surface area (Å²) in [5, 5.41) is 3.29. The average molecular weight is 191 g/mol. The summed E-state index contributed by atoms with van der Waals surface area (Å²) in [5.41, 5.74) is 0. The Balaban J connectivity index is 2.46. The van der Waals surface area contributed by atoms with Gasteiger partial charge in [0, 0.05) is 19.6 Å². The highest BCUT2D eigenvalue weighted by Gasteiger charge is 2.19. The molecule has 12 heavy (non-hydrogen) atoms. The highest BCUT2D eigenvalue weighted by atomic mass is 35.5. The predicted molar refractivity (Wildman–Crippen MR) is 49.1 cm³/mol. The van der Waals surface area contributed by atoms with Crippen LogP contribution in [0.3, 0.4) is 0 Å². The summed E-state index contributed by atoms with van der Waals surface area (Å²) in [5.74, 6) is 0. The second-order valence-corrected chi connectivity index (χ2v) is 3.31. The first-order chi connectivity index (χ1) is 5.75. The number of amides is 1. The molecule has 0 saturated carbocycles. The minimum absolute atomic E-state index is 0.362. The lowest BCUT2D eigenvalue weighted by Gasteiger charge is -2.35. The highest BCUT2D eigenvalue weighted by molar-refractivity contribution is 6.62. The van der Waals surface area contributed by atoms with Crippen molar-refractivity contribution in [3.8, 4) is 0 Å². The smallest absolute Gasteiger partial charge is 0.262 e. The van der Waals surface area contributed by atoms with E-state index in [0.29, 0.717) is 6.54 Å². The fourth-order valence-corrected chi connectivity index (χ4v) is 1.78. The number of hydrazine groups is 1. The summed E-state index contributed by atoms with van der Waals surface area (Å²) >= 11 is 5.42. The maximum Gasteiger partial charge on any atom is 0.330 e. The van der Waals surface area contributed by atoms with Crippen LogP contribution in [-0.4, -0.2) is 35.0 Å². The van der Waals surface area contributed by atoms with Gasteiger partial charge in [-0.15, -0.1) is 0 Å². The molecule has 0 radical (unpaired) electrons. The fourth-order valence-electron chi connectivity index (χ4n) is 1.55. The second-order valence-electron chi connectivity index (χ2n) is 2.98. The van der Waals surface area contributed by atoms with Gasteiger partial charge in [0.2, 0.25) is 0 Å². The van der Waals surface area contributed by atoms with Crippen LogP contribution in [0.15, 0.2) is 0 Å². The molecule has 0 aromatic rings. The predicted octanol–water partition coefficient (Wildman–Crippen LogP) is 2.07. The van der Waals surface area contributed by atoms with Crippen molar-refractivity contribution in [3.63, 3.8) is 0 Å². The van der Waals surface area contributed by atoms with Crippen LogP contribution in [0.1, 0.15) is 26.2 Å². The molecule has 0 aromatic heterocycles. The first kappa shape index (κ1) is 9.81. The highest BCUT2D eigenvalue weighted by Crippen LogP contribution is 2.12. The Morgan fingerprint density at radius 2 is 2.00 bits per heavy atom. The van der Waals surface area contributed by atoms with Crippen LogP contribution in [0, 0.1) is 0 Å². The van der Waals surface area contributed by atoms with Gasteiger partial charge in [-0.3, -0.25) is 9.80 Å². The first-order valence-corrected chi connectivity index (χ1v) is 4.85. The maximum atomic E-state index is 10.9. The third-order valence-corrected chi connectivity index (χ3v) is 2.37. The third kappa shape index (κ3) is 2.35. The number of hydrogen-bond acceptors (Lipinski definition) is 2. The molecule has 0 unspecified atom stereocenters. The van der Waals surface area contributed by atoms with Gasteiger partial charge in [0.05, 0.1) is 0 Å². The zero-order chi connectivity index (χ0) is 8.97. The Kier molecular flexibility index (Phi) is 3.82. The molecule has 4 heteroatoms. The van der Waals surface area contributed by atoms with Gasteiger partial charge in [0.25, 0.3) is 0 Å². The molecule has 1 rings (SSSR count). The van der Waals surface area contributed by atoms with Crippen LogP contribution in [-0.2, 0) is 0 Å². The molecule has 1 saturated heterocycles. The lowest BCUT2D eigenvalue weighted by Crippen LogP contribution is -2.46. The molecule has 0 bridgehead atoms. The van der Waals surface area contributed by atoms with Crippen molar-refractivity contribution < 1.29 is 4.79 Å². The van der Waals surface area contributed by atoms with Crippen molar-refractivity contribution in [2.75, 3.05) is 19.6 Å². The summed E-state index contributed by atoms with van der Waals surface area (Å²) < 4.78 is 0. The Bertz CT molecular complexity index is 157. The van der Waals surface area contributed by atoms with Gasteiger partial charge in [-0.25, -0.2) is 5.01 Å². The van der Waals surface area contributed by atoms with Crippen LogP contribution < -0.4 is 0 Å². The van der Waals surface area contributed by atoms with Crippen molar-refractivity contribution >= 4 is 17.0 Å². The summed E-state index contributed by atoms with van der Waals surface area (Å²) in [6.07, 6.45) is 3.60. The lowest BCUT2D eigenvalue weighted by molar-refractivity contribution is 0.0125. The summed E-state index contributed by atoms with van der Waals surface area (Å²) in [6.45, 7) is 4.54. The molecule has 70 valence electrons. The van der Waals surface area contributed by atoms with Gasteiger partial charge in [0.1, 0.15) is 0 Å². The minimum Gasteiger partial charge on any atom is -0.262 e. The monoisotopic (exact) mass is 190 g/mol. The van der Waals surface area contributed by atoms with Gasteiger partial charge in [-0.05, 0) is 31.4 Å². The summed E-state index contributed by atoms with van der Waals surface area (Å²) in [4.78, 5) is 10.9. The Hall–Kier alpha value is -0.280. The number of piperidine rings is 1. The average Bonchev–Trinajstić information content (AvgIpc) is 2.07. The van der Waals surface area contributed by atoms with E-state index in [2.05, 4.69) is 0 Å². The Morgan fingerprint density at radius 1 is 1.42 bits per heavy atom. The van der Waals surface area contributed by atoms with E-state index in [1.165, 1.54) is 19.3 Å². The molecule has 0 atom stereocenters. The van der Waals surface area contributed by atoms with Gasteiger partial charge >= 0.3 is 5.37 Å². The van der Waals surface area contributed by atoms with Gasteiger partial charge in [-0.2, -0.15) is 0 Å². The van der Waals surface area contributed by atoms with Crippen LogP contribution in [0.25, 0.3) is 0 Å². The SMILES string of the molecule is CCN(C(=O)Cl)N1CCCCC1. The quantitative estimate of drug-likeness (QED) is 0.492. The number of carbonyl (C=O) groups is 1. The summed E-state index contributed by atoms with van der Waals surface area (Å²) in [7, 11) is 0. The number of carbonyl (C=O) groups excluding carboxylic acids is 1. The van der Waals surface area contributed by atoms with E-state index in [-0.39, 0.29) is 5.37 Å². The molecule has 0 N–H and O–H groups in total. The van der Waals surface area contributed by atoms with Crippen LogP contribution in [0.5, 0.6) is 0 Å². The topological polar surface area (TPSA) is 23.6 Å². The number of rotatable bonds is 2. The molecule has 1 aliphatic heterocycles. The van der Waals surface area contributed by atoms with Crippen LogP contribution in [0.2, 0.25) is 0 Å². The molecule has 3 nitrogen and oxygen atoms in total. The van der Waals surface area contributed by atoms with Crippen molar-refractivity contribution in [2.24, 2.45) is 0 Å². The number of nitrogens with zero attached hydrogens (tertiary/aromatic N) is 2. The van der Waals surface area contributed by atoms with E-state index in [0.717, 1.165) is 13.1 Å². The van der Waals surface area contributed by atoms with Gasteiger partial charge in [0.15, 0.2) is 0 Å². The fraction of sp³-hybridized carbons (Fsp3) is 0.875. The molecule has 1 fully saturated rings. The first-order valence-electron chi connectivity index (χ1n) is 4.47. The minimum atomic E-state index is -0.362. The molecule has 0 spiro atoms. The molecular formula is C8H15ClN2O. The molecule has 0 aromatic carbocycles. The molecule has 1 heterocycles. The van der Waals surface area contributed by atoms with Crippen molar-refractivity contribution in [2.45, 2.75) is 26.2 Å². The zero-order valence-electron chi connectivity index (χ0n) is 7.42. The van der Waals surface area contributed by atoms with E-state index in [4.69, 9.17) is 11.6 Å². The standard InChI is InChI=1S/C8H15ClN2O/c1-2-11(8(9)12)10-6-4-3-5-7-10/h2-7H2,1H3. The normalized spacial score (nSPS) is 19.2. The maximum absolute atomic E-state index is 10.9. The van der Waals surface area contributed by atoms with Crippen molar-refractivity contribution in [3.05, 3.63) is 0 Å². The lowest BCUT2D eigenvalue weighted by atomic mass is 10.2. The van der Waals surface area contributed by atoms with Crippen LogP contribution >= 0.6 is 11.6 Å². The molecular weight excluding hydrogens is 176 g/mol. The number of halogens is 1. The molecule has 0 aliphatic carbocycles. The van der Waals surface area contributed by atoms with Gasteiger partial charge in [-0.1, -0.05) is 6.42 Å². The third-order valence-electron chi connectivity index (χ3n) is 2.18. The van der Waals surface area contributed by atoms with E-state index in [9.17, 15) is 4.79 Å².